The molecular formula is C13H19N3O4. The molecule has 110 valence electrons. The van der Waals surface area contributed by atoms with Crippen LogP contribution in [0, 0.1) is 0 Å². The second-order valence-electron chi connectivity index (χ2n) is 4.14. The Morgan fingerprint density at radius 3 is 2.85 bits per heavy atom. The number of carboxylic acids is 1. The first-order chi connectivity index (χ1) is 9.63. The summed E-state index contributed by atoms with van der Waals surface area (Å²) in [7, 11) is 1.48. The summed E-state index contributed by atoms with van der Waals surface area (Å²) in [5.74, 6) is -1.08. The summed E-state index contributed by atoms with van der Waals surface area (Å²) < 4.78 is 4.80. The molecule has 1 aromatic heterocycles. The number of carboxylic acid groups (broad SMARTS) is 1. The van der Waals surface area contributed by atoms with Crippen molar-refractivity contribution in [1.29, 1.82) is 0 Å². The molecule has 1 unspecified atom stereocenters. The molecule has 0 aliphatic heterocycles. The van der Waals surface area contributed by atoms with Crippen LogP contribution in [0.1, 0.15) is 12.1 Å². The highest BCUT2D eigenvalue weighted by molar-refractivity contribution is 5.82. The van der Waals surface area contributed by atoms with Crippen molar-refractivity contribution >= 4 is 12.0 Å². The normalized spacial score (nSPS) is 11.7. The average Bonchev–Trinajstić information content (AvgIpc) is 2.44. The van der Waals surface area contributed by atoms with Crippen LogP contribution in [-0.2, 0) is 16.0 Å². The number of nitrogens with zero attached hydrogens (tertiary/aromatic N) is 1. The topological polar surface area (TPSA) is 101 Å². The molecule has 0 fully saturated rings. The fraction of sp³-hybridized carbons (Fsp3) is 0.462. The lowest BCUT2D eigenvalue weighted by molar-refractivity contribution is -0.139. The van der Waals surface area contributed by atoms with Crippen LogP contribution in [0.4, 0.5) is 4.79 Å². The summed E-state index contributed by atoms with van der Waals surface area (Å²) in [4.78, 5) is 26.6. The van der Waals surface area contributed by atoms with E-state index in [0.29, 0.717) is 13.0 Å². The Morgan fingerprint density at radius 1 is 1.45 bits per heavy atom. The highest BCUT2D eigenvalue weighted by Crippen LogP contribution is 1.95. The number of hydrogen-bond acceptors (Lipinski definition) is 4. The number of carbonyl (C=O) groups excluding carboxylic acids is 1. The van der Waals surface area contributed by atoms with E-state index in [9.17, 15) is 9.59 Å². The first-order valence-electron chi connectivity index (χ1n) is 6.29. The molecule has 0 aliphatic carbocycles. The van der Waals surface area contributed by atoms with Gasteiger partial charge < -0.3 is 20.5 Å². The summed E-state index contributed by atoms with van der Waals surface area (Å²) in [6, 6.07) is 4.08. The first-order valence-corrected chi connectivity index (χ1v) is 6.29. The third kappa shape index (κ3) is 6.14. The van der Waals surface area contributed by atoms with Gasteiger partial charge in [0.2, 0.25) is 0 Å². The molecule has 7 heteroatoms. The number of urea groups is 1. The van der Waals surface area contributed by atoms with Crippen molar-refractivity contribution in [3.8, 4) is 0 Å². The van der Waals surface area contributed by atoms with Crippen LogP contribution < -0.4 is 10.6 Å². The zero-order chi connectivity index (χ0) is 14.8. The largest absolute Gasteiger partial charge is 0.480 e. The molecule has 1 atom stereocenters. The number of nitrogens with one attached hydrogen (secondary N) is 2. The minimum Gasteiger partial charge on any atom is -0.480 e. The molecule has 0 saturated carbocycles. The van der Waals surface area contributed by atoms with E-state index in [2.05, 4.69) is 15.6 Å². The van der Waals surface area contributed by atoms with E-state index >= 15 is 0 Å². The highest BCUT2D eigenvalue weighted by atomic mass is 16.5. The van der Waals surface area contributed by atoms with Gasteiger partial charge >= 0.3 is 12.0 Å². The maximum absolute atomic E-state index is 11.6. The lowest BCUT2D eigenvalue weighted by Crippen LogP contribution is -2.46. The number of amides is 2. The number of rotatable bonds is 8. The predicted molar refractivity (Wildman–Crippen MR) is 72.4 cm³/mol. The van der Waals surface area contributed by atoms with Crippen molar-refractivity contribution in [2.24, 2.45) is 0 Å². The number of ether oxygens (including phenoxy) is 1. The SMILES string of the molecule is COCCC(NC(=O)NCCc1ccccn1)C(=O)O. The fourth-order valence-corrected chi connectivity index (χ4v) is 1.55. The Labute approximate surface area is 117 Å². The van der Waals surface area contributed by atoms with Gasteiger partial charge in [0.1, 0.15) is 6.04 Å². The Hall–Kier alpha value is -2.15. The summed E-state index contributed by atoms with van der Waals surface area (Å²) in [5, 5.41) is 13.9. The molecule has 0 spiro atoms. The lowest BCUT2D eigenvalue weighted by Gasteiger charge is -2.14. The molecule has 1 heterocycles. The smallest absolute Gasteiger partial charge is 0.326 e. The number of methoxy groups -OCH3 is 1. The molecule has 0 saturated heterocycles. The number of hydrogen-bond donors (Lipinski definition) is 3. The van der Waals surface area contributed by atoms with Gasteiger partial charge in [-0.05, 0) is 12.1 Å². The van der Waals surface area contributed by atoms with E-state index in [1.807, 2.05) is 18.2 Å². The van der Waals surface area contributed by atoms with Gasteiger partial charge in [0.05, 0.1) is 0 Å². The van der Waals surface area contributed by atoms with Gasteiger partial charge in [0, 0.05) is 45.0 Å². The van der Waals surface area contributed by atoms with Crippen molar-refractivity contribution in [2.45, 2.75) is 18.9 Å². The van der Waals surface area contributed by atoms with Crippen molar-refractivity contribution in [3.05, 3.63) is 30.1 Å². The number of aliphatic carboxylic acids is 1. The van der Waals surface area contributed by atoms with Crippen molar-refractivity contribution in [1.82, 2.24) is 15.6 Å². The summed E-state index contributed by atoms with van der Waals surface area (Å²) in [6.07, 6.45) is 2.49. The highest BCUT2D eigenvalue weighted by Gasteiger charge is 2.19. The molecule has 0 bridgehead atoms. The quantitative estimate of drug-likeness (QED) is 0.641. The van der Waals surface area contributed by atoms with E-state index in [-0.39, 0.29) is 13.0 Å². The van der Waals surface area contributed by atoms with Crippen LogP contribution in [0.25, 0.3) is 0 Å². The molecule has 7 nitrogen and oxygen atoms in total. The molecule has 1 aromatic rings. The second kappa shape index (κ2) is 8.87. The third-order valence-corrected chi connectivity index (χ3v) is 2.61. The van der Waals surface area contributed by atoms with Crippen LogP contribution >= 0.6 is 0 Å². The third-order valence-electron chi connectivity index (χ3n) is 2.61. The number of aromatic nitrogens is 1. The molecule has 0 aliphatic rings. The Bertz CT molecular complexity index is 425. The summed E-state index contributed by atoms with van der Waals surface area (Å²) >= 11 is 0. The monoisotopic (exact) mass is 281 g/mol. The van der Waals surface area contributed by atoms with Gasteiger partial charge in [-0.25, -0.2) is 9.59 Å². The second-order valence-corrected chi connectivity index (χ2v) is 4.14. The van der Waals surface area contributed by atoms with Crippen LogP contribution in [0.5, 0.6) is 0 Å². The van der Waals surface area contributed by atoms with Gasteiger partial charge in [-0.3, -0.25) is 4.98 Å². The number of pyridine rings is 1. The maximum Gasteiger partial charge on any atom is 0.326 e. The van der Waals surface area contributed by atoms with Crippen molar-refractivity contribution < 1.29 is 19.4 Å². The molecule has 0 radical (unpaired) electrons. The standard InChI is InChI=1S/C13H19N3O4/c1-20-9-6-11(12(17)18)16-13(19)15-8-5-10-4-2-3-7-14-10/h2-4,7,11H,5-6,8-9H2,1H3,(H,17,18)(H2,15,16,19). The van der Waals surface area contributed by atoms with Gasteiger partial charge in [-0.15, -0.1) is 0 Å². The molecular weight excluding hydrogens is 262 g/mol. The van der Waals surface area contributed by atoms with E-state index in [4.69, 9.17) is 9.84 Å². The Morgan fingerprint density at radius 2 is 2.25 bits per heavy atom. The van der Waals surface area contributed by atoms with Crippen molar-refractivity contribution in [3.63, 3.8) is 0 Å². The summed E-state index contributed by atoms with van der Waals surface area (Å²) in [6.45, 7) is 0.657. The fourth-order valence-electron chi connectivity index (χ4n) is 1.55. The van der Waals surface area contributed by atoms with Crippen LogP contribution in [0.15, 0.2) is 24.4 Å². The van der Waals surface area contributed by atoms with Crippen molar-refractivity contribution in [2.75, 3.05) is 20.3 Å². The first kappa shape index (κ1) is 15.9. The average molecular weight is 281 g/mol. The zero-order valence-electron chi connectivity index (χ0n) is 11.3. The van der Waals surface area contributed by atoms with E-state index < -0.39 is 18.0 Å². The molecule has 1 rings (SSSR count). The van der Waals surface area contributed by atoms with Gasteiger partial charge in [-0.1, -0.05) is 6.07 Å². The van der Waals surface area contributed by atoms with Crippen LogP contribution in [0.2, 0.25) is 0 Å². The molecule has 0 aromatic carbocycles. The van der Waals surface area contributed by atoms with Crippen LogP contribution in [-0.4, -0.2) is 48.4 Å². The predicted octanol–water partition coefficient (Wildman–Crippen LogP) is 0.413. The van der Waals surface area contributed by atoms with Crippen LogP contribution in [0.3, 0.4) is 0 Å². The van der Waals surface area contributed by atoms with Gasteiger partial charge in [-0.2, -0.15) is 0 Å². The van der Waals surface area contributed by atoms with E-state index in [1.54, 1.807) is 6.20 Å². The minimum atomic E-state index is -1.08. The van der Waals surface area contributed by atoms with E-state index in [1.165, 1.54) is 7.11 Å². The number of carbonyl (C=O) groups is 2. The maximum atomic E-state index is 11.6. The van der Waals surface area contributed by atoms with Gasteiger partial charge in [0.15, 0.2) is 0 Å². The molecule has 2 amide bonds. The molecule has 3 N–H and O–H groups in total. The lowest BCUT2D eigenvalue weighted by atomic mass is 10.2. The van der Waals surface area contributed by atoms with Gasteiger partial charge in [0.25, 0.3) is 0 Å². The summed E-state index contributed by atoms with van der Waals surface area (Å²) in [5.41, 5.74) is 0.863. The van der Waals surface area contributed by atoms with E-state index in [0.717, 1.165) is 5.69 Å². The molecule has 20 heavy (non-hydrogen) atoms. The Kier molecular flexibility index (Phi) is 7.05. The Balaban J connectivity index is 2.29. The minimum absolute atomic E-state index is 0.222. The zero-order valence-corrected chi connectivity index (χ0v) is 11.3.